The standard InChI is InChI=1S/C19H24N6O4/c20-17(27)14-9-22-19(25-18(14)23-11-3-5-28-6-4-11)24-12-1-2-16-15(7-12)21-8-13(26)10-29-16/h1-2,7,9,11,13,21,26H,3-6,8,10H2,(H2,20,27)(H2,22,23,24,25). The van der Waals surface area contributed by atoms with E-state index in [2.05, 4.69) is 25.9 Å². The van der Waals surface area contributed by atoms with Crippen molar-refractivity contribution in [3.8, 4) is 5.75 Å². The summed E-state index contributed by atoms with van der Waals surface area (Å²) in [6.45, 7) is 1.97. The topological polar surface area (TPSA) is 144 Å². The zero-order valence-corrected chi connectivity index (χ0v) is 15.9. The second-order valence-corrected chi connectivity index (χ2v) is 7.03. The summed E-state index contributed by atoms with van der Waals surface area (Å²) in [7, 11) is 0. The van der Waals surface area contributed by atoms with Crippen molar-refractivity contribution in [2.75, 3.05) is 42.3 Å². The number of carbonyl (C=O) groups is 1. The summed E-state index contributed by atoms with van der Waals surface area (Å²) in [5.74, 6) is 0.815. The van der Waals surface area contributed by atoms with Crippen LogP contribution in [0.25, 0.3) is 0 Å². The number of nitrogens with zero attached hydrogens (tertiary/aromatic N) is 2. The van der Waals surface area contributed by atoms with Crippen molar-refractivity contribution >= 4 is 29.0 Å². The molecule has 10 heteroatoms. The second-order valence-electron chi connectivity index (χ2n) is 7.03. The van der Waals surface area contributed by atoms with Gasteiger partial charge in [0, 0.05) is 37.7 Å². The molecule has 3 heterocycles. The van der Waals surface area contributed by atoms with E-state index in [-0.39, 0.29) is 18.2 Å². The maximum Gasteiger partial charge on any atom is 0.254 e. The van der Waals surface area contributed by atoms with Gasteiger partial charge in [0.15, 0.2) is 0 Å². The van der Waals surface area contributed by atoms with Crippen LogP contribution in [0.4, 0.5) is 23.1 Å². The maximum absolute atomic E-state index is 11.8. The molecule has 2 aliphatic heterocycles. The first-order valence-electron chi connectivity index (χ1n) is 9.55. The van der Waals surface area contributed by atoms with Gasteiger partial charge in [0.2, 0.25) is 5.95 Å². The van der Waals surface area contributed by atoms with Crippen LogP contribution in [0.3, 0.4) is 0 Å². The normalized spacial score (nSPS) is 19.3. The molecular weight excluding hydrogens is 376 g/mol. The Balaban J connectivity index is 1.54. The van der Waals surface area contributed by atoms with E-state index in [4.69, 9.17) is 15.2 Å². The van der Waals surface area contributed by atoms with Gasteiger partial charge in [0.1, 0.15) is 24.3 Å². The number of hydrogen-bond donors (Lipinski definition) is 5. The number of aromatic nitrogens is 2. The van der Waals surface area contributed by atoms with Crippen molar-refractivity contribution in [2.45, 2.75) is 25.0 Å². The third kappa shape index (κ3) is 4.66. The van der Waals surface area contributed by atoms with E-state index in [0.717, 1.165) is 24.2 Å². The molecule has 1 atom stereocenters. The van der Waals surface area contributed by atoms with Crippen molar-refractivity contribution in [3.05, 3.63) is 30.0 Å². The number of carbonyl (C=O) groups excluding carboxylic acids is 1. The van der Waals surface area contributed by atoms with Gasteiger partial charge in [0.25, 0.3) is 5.91 Å². The maximum atomic E-state index is 11.8. The van der Waals surface area contributed by atoms with E-state index in [1.165, 1.54) is 6.20 Å². The number of β-amino-alcohol motifs (C(OH)–C–C–N with tert-alkyl or cyclic N) is 1. The first kappa shape index (κ1) is 19.2. The zero-order chi connectivity index (χ0) is 20.2. The minimum atomic E-state index is -0.587. The van der Waals surface area contributed by atoms with E-state index < -0.39 is 12.0 Å². The molecule has 1 saturated heterocycles. The molecule has 1 fully saturated rings. The number of ether oxygens (including phenoxy) is 2. The molecular formula is C19H24N6O4. The molecule has 2 aliphatic rings. The zero-order valence-electron chi connectivity index (χ0n) is 15.9. The van der Waals surface area contributed by atoms with E-state index in [9.17, 15) is 9.90 Å². The van der Waals surface area contributed by atoms with Crippen LogP contribution in [0.15, 0.2) is 24.4 Å². The van der Waals surface area contributed by atoms with Gasteiger partial charge in [0.05, 0.1) is 11.3 Å². The number of nitrogens with one attached hydrogen (secondary N) is 3. The average Bonchev–Trinajstić information content (AvgIpc) is 2.90. The van der Waals surface area contributed by atoms with Gasteiger partial charge >= 0.3 is 0 Å². The monoisotopic (exact) mass is 400 g/mol. The Morgan fingerprint density at radius 1 is 1.31 bits per heavy atom. The number of aliphatic hydroxyl groups excluding tert-OH is 1. The number of rotatable bonds is 5. The molecule has 1 amide bonds. The lowest BCUT2D eigenvalue weighted by atomic mass is 10.1. The molecule has 0 radical (unpaired) electrons. The fourth-order valence-corrected chi connectivity index (χ4v) is 3.24. The molecule has 4 rings (SSSR count). The van der Waals surface area contributed by atoms with E-state index in [0.29, 0.717) is 37.3 Å². The summed E-state index contributed by atoms with van der Waals surface area (Å²) in [5, 5.41) is 19.3. The molecule has 10 nitrogen and oxygen atoms in total. The number of aliphatic hydroxyl groups is 1. The van der Waals surface area contributed by atoms with Crippen LogP contribution >= 0.6 is 0 Å². The lowest BCUT2D eigenvalue weighted by Crippen LogP contribution is -2.29. The molecule has 1 aromatic heterocycles. The predicted molar refractivity (Wildman–Crippen MR) is 108 cm³/mol. The third-order valence-corrected chi connectivity index (χ3v) is 4.81. The quantitative estimate of drug-likeness (QED) is 0.498. The third-order valence-electron chi connectivity index (χ3n) is 4.81. The van der Waals surface area contributed by atoms with Crippen molar-refractivity contribution in [2.24, 2.45) is 5.73 Å². The van der Waals surface area contributed by atoms with Gasteiger partial charge in [-0.15, -0.1) is 0 Å². The number of amides is 1. The Kier molecular flexibility index (Phi) is 5.63. The number of anilines is 4. The molecule has 0 spiro atoms. The number of hydrogen-bond acceptors (Lipinski definition) is 9. The Morgan fingerprint density at radius 2 is 2.14 bits per heavy atom. The molecule has 29 heavy (non-hydrogen) atoms. The summed E-state index contributed by atoms with van der Waals surface area (Å²) >= 11 is 0. The highest BCUT2D eigenvalue weighted by atomic mass is 16.5. The highest BCUT2D eigenvalue weighted by Crippen LogP contribution is 2.31. The molecule has 1 aromatic carbocycles. The van der Waals surface area contributed by atoms with Gasteiger partial charge in [-0.05, 0) is 31.0 Å². The molecule has 1 unspecified atom stereocenters. The van der Waals surface area contributed by atoms with Gasteiger partial charge < -0.3 is 36.3 Å². The number of primary amides is 1. The number of benzene rings is 1. The van der Waals surface area contributed by atoms with Crippen LogP contribution < -0.4 is 26.4 Å². The van der Waals surface area contributed by atoms with Crippen LogP contribution in [-0.4, -0.2) is 59.5 Å². The summed E-state index contributed by atoms with van der Waals surface area (Å²) in [6.07, 6.45) is 2.50. The highest BCUT2D eigenvalue weighted by molar-refractivity contribution is 5.97. The number of fused-ring (bicyclic) bond motifs is 1. The summed E-state index contributed by atoms with van der Waals surface area (Å²) in [5.41, 5.74) is 7.22. The Labute approximate surface area is 167 Å². The fourth-order valence-electron chi connectivity index (χ4n) is 3.24. The van der Waals surface area contributed by atoms with Crippen LogP contribution in [0.5, 0.6) is 5.75 Å². The molecule has 154 valence electrons. The Hall–Kier alpha value is -3.11. The Bertz CT molecular complexity index is 887. The van der Waals surface area contributed by atoms with E-state index in [1.807, 2.05) is 18.2 Å². The van der Waals surface area contributed by atoms with Crippen LogP contribution in [0.1, 0.15) is 23.2 Å². The van der Waals surface area contributed by atoms with E-state index >= 15 is 0 Å². The summed E-state index contributed by atoms with van der Waals surface area (Å²) < 4.78 is 10.9. The van der Waals surface area contributed by atoms with Crippen LogP contribution in [-0.2, 0) is 4.74 Å². The first-order valence-corrected chi connectivity index (χ1v) is 9.55. The number of nitrogens with two attached hydrogens (primary N) is 1. The van der Waals surface area contributed by atoms with Gasteiger partial charge in [-0.2, -0.15) is 4.98 Å². The second kappa shape index (κ2) is 8.50. The van der Waals surface area contributed by atoms with Gasteiger partial charge in [-0.1, -0.05) is 0 Å². The molecule has 0 saturated carbocycles. The van der Waals surface area contributed by atoms with Gasteiger partial charge in [-0.3, -0.25) is 4.79 Å². The lowest BCUT2D eigenvalue weighted by Gasteiger charge is -2.24. The predicted octanol–water partition coefficient (Wildman–Crippen LogP) is 1.08. The fraction of sp³-hybridized carbons (Fsp3) is 0.421. The molecule has 0 aliphatic carbocycles. The highest BCUT2D eigenvalue weighted by Gasteiger charge is 2.19. The first-order chi connectivity index (χ1) is 14.1. The Morgan fingerprint density at radius 3 is 2.93 bits per heavy atom. The summed E-state index contributed by atoms with van der Waals surface area (Å²) in [6, 6.07) is 5.64. The largest absolute Gasteiger partial charge is 0.489 e. The smallest absolute Gasteiger partial charge is 0.254 e. The van der Waals surface area contributed by atoms with Crippen LogP contribution in [0, 0.1) is 0 Å². The average molecular weight is 400 g/mol. The van der Waals surface area contributed by atoms with Crippen molar-refractivity contribution in [1.82, 2.24) is 9.97 Å². The minimum Gasteiger partial charge on any atom is -0.489 e. The van der Waals surface area contributed by atoms with Gasteiger partial charge in [-0.25, -0.2) is 4.98 Å². The molecule has 2 aromatic rings. The SMILES string of the molecule is NC(=O)c1cnc(Nc2ccc3c(c2)NCC(O)CO3)nc1NC1CCOCC1. The van der Waals surface area contributed by atoms with Crippen molar-refractivity contribution < 1.29 is 19.4 Å². The van der Waals surface area contributed by atoms with Crippen molar-refractivity contribution in [1.29, 1.82) is 0 Å². The summed E-state index contributed by atoms with van der Waals surface area (Å²) in [4.78, 5) is 20.4. The lowest BCUT2D eigenvalue weighted by molar-refractivity contribution is 0.0903. The minimum absolute atomic E-state index is 0.157. The van der Waals surface area contributed by atoms with Crippen molar-refractivity contribution in [3.63, 3.8) is 0 Å². The molecule has 0 bridgehead atoms. The van der Waals surface area contributed by atoms with Crippen LogP contribution in [0.2, 0.25) is 0 Å². The molecule has 6 N–H and O–H groups in total. The van der Waals surface area contributed by atoms with E-state index in [1.54, 1.807) is 0 Å².